The molecule has 0 radical (unpaired) electrons. The smallest absolute Gasteiger partial charge is 0.0213 e. The van der Waals surface area contributed by atoms with Crippen molar-refractivity contribution in [3.8, 4) is 0 Å². The van der Waals surface area contributed by atoms with Gasteiger partial charge < -0.3 is 0 Å². The molecule has 0 aromatic heterocycles. The first-order chi connectivity index (χ1) is 14.2. The summed E-state index contributed by atoms with van der Waals surface area (Å²) in [5, 5.41) is 0. The van der Waals surface area contributed by atoms with Gasteiger partial charge >= 0.3 is 0 Å². The average molecular weight is 413 g/mol. The summed E-state index contributed by atoms with van der Waals surface area (Å²) in [7, 11) is 0. The Bertz CT molecular complexity index is 616. The van der Waals surface area contributed by atoms with Crippen LogP contribution in [0.15, 0.2) is 12.2 Å². The topological polar surface area (TPSA) is 0 Å². The first-order valence-electron chi connectivity index (χ1n) is 13.9. The fourth-order valence-corrected chi connectivity index (χ4v) is 9.66. The van der Waals surface area contributed by atoms with E-state index in [1.165, 1.54) is 51.4 Å². The third-order valence-electron chi connectivity index (χ3n) is 11.6. The van der Waals surface area contributed by atoms with Gasteiger partial charge in [-0.2, -0.15) is 0 Å². The minimum absolute atomic E-state index is 0.607. The Kier molecular flexibility index (Phi) is 6.56. The van der Waals surface area contributed by atoms with E-state index in [-0.39, 0.29) is 0 Å². The summed E-state index contributed by atoms with van der Waals surface area (Å²) >= 11 is 0. The van der Waals surface area contributed by atoms with Gasteiger partial charge in [-0.05, 0) is 122 Å². The van der Waals surface area contributed by atoms with Crippen LogP contribution in [0.5, 0.6) is 0 Å². The van der Waals surface area contributed by atoms with Crippen molar-refractivity contribution in [2.24, 2.45) is 64.1 Å². The van der Waals surface area contributed by atoms with E-state index in [4.69, 9.17) is 0 Å². The zero-order valence-electron chi connectivity index (χ0n) is 21.4. The Morgan fingerprint density at radius 1 is 0.833 bits per heavy atom. The predicted octanol–water partition coefficient (Wildman–Crippen LogP) is 9.16. The summed E-state index contributed by atoms with van der Waals surface area (Å²) in [6.45, 7) is 17.7. The van der Waals surface area contributed by atoms with Crippen LogP contribution in [0.2, 0.25) is 0 Å². The molecule has 0 nitrogen and oxygen atoms in total. The summed E-state index contributed by atoms with van der Waals surface area (Å²) in [5.74, 6) is 8.32. The van der Waals surface area contributed by atoms with E-state index in [0.717, 1.165) is 53.3 Å². The zero-order chi connectivity index (χ0) is 21.7. The third kappa shape index (κ3) is 3.75. The van der Waals surface area contributed by atoms with Crippen LogP contribution in [0.1, 0.15) is 113 Å². The molecule has 0 aliphatic heterocycles. The van der Waals surface area contributed by atoms with E-state index in [1.54, 1.807) is 12.8 Å². The number of rotatable bonds is 5. The molecule has 4 rings (SSSR count). The molecular formula is C30H52. The van der Waals surface area contributed by atoms with Crippen molar-refractivity contribution in [3.63, 3.8) is 0 Å². The summed E-state index contributed by atoms with van der Waals surface area (Å²) < 4.78 is 0. The van der Waals surface area contributed by atoms with Crippen LogP contribution in [0.25, 0.3) is 0 Å². The van der Waals surface area contributed by atoms with Crippen LogP contribution >= 0.6 is 0 Å². The molecule has 0 aromatic carbocycles. The number of allylic oxidation sites excluding steroid dienone is 2. The second-order valence-corrected chi connectivity index (χ2v) is 13.3. The molecule has 4 aliphatic rings. The van der Waals surface area contributed by atoms with Crippen LogP contribution in [0, 0.1) is 64.1 Å². The van der Waals surface area contributed by atoms with Gasteiger partial charge in [-0.3, -0.25) is 0 Å². The lowest BCUT2D eigenvalue weighted by atomic mass is 9.44. The SMILES string of the molecule is CCC(/C=C/C(C)C1CCC2C3CCC4CC(C)CCC4(C)C3CCC12C)C(C)C. The van der Waals surface area contributed by atoms with Gasteiger partial charge in [-0.15, -0.1) is 0 Å². The maximum atomic E-state index is 2.73. The van der Waals surface area contributed by atoms with Crippen LogP contribution < -0.4 is 0 Å². The molecule has 0 saturated heterocycles. The summed E-state index contributed by atoms with van der Waals surface area (Å²) in [5.41, 5.74) is 1.28. The zero-order valence-corrected chi connectivity index (χ0v) is 21.4. The van der Waals surface area contributed by atoms with Gasteiger partial charge in [0.15, 0.2) is 0 Å². The van der Waals surface area contributed by atoms with Gasteiger partial charge in [-0.25, -0.2) is 0 Å². The highest BCUT2D eigenvalue weighted by Crippen LogP contribution is 2.68. The maximum absolute atomic E-state index is 2.73. The fourth-order valence-electron chi connectivity index (χ4n) is 9.66. The summed E-state index contributed by atoms with van der Waals surface area (Å²) in [4.78, 5) is 0. The molecule has 10 unspecified atom stereocenters. The van der Waals surface area contributed by atoms with E-state index in [9.17, 15) is 0 Å². The molecule has 0 aromatic rings. The number of hydrogen-bond acceptors (Lipinski definition) is 0. The van der Waals surface area contributed by atoms with Crippen molar-refractivity contribution in [3.05, 3.63) is 12.2 Å². The molecule has 0 spiro atoms. The lowest BCUT2D eigenvalue weighted by molar-refractivity contribution is -0.118. The monoisotopic (exact) mass is 412 g/mol. The number of hydrogen-bond donors (Lipinski definition) is 0. The summed E-state index contributed by atoms with van der Waals surface area (Å²) in [6.07, 6.45) is 20.2. The second kappa shape index (κ2) is 8.59. The quantitative estimate of drug-likeness (QED) is 0.395. The highest BCUT2D eigenvalue weighted by molar-refractivity contribution is 5.11. The van der Waals surface area contributed by atoms with E-state index < -0.39 is 0 Å². The predicted molar refractivity (Wildman–Crippen MR) is 131 cm³/mol. The Morgan fingerprint density at radius 2 is 1.53 bits per heavy atom. The van der Waals surface area contributed by atoms with Gasteiger partial charge in [-0.1, -0.05) is 67.0 Å². The van der Waals surface area contributed by atoms with Crippen molar-refractivity contribution in [2.75, 3.05) is 0 Å². The largest absolute Gasteiger partial charge is 0.0851 e. The first kappa shape index (κ1) is 22.9. The van der Waals surface area contributed by atoms with Gasteiger partial charge in [0.25, 0.3) is 0 Å². The molecule has 0 heteroatoms. The normalized spacial score (nSPS) is 48.3. The molecule has 0 heterocycles. The maximum Gasteiger partial charge on any atom is -0.0213 e. The molecule has 4 aliphatic carbocycles. The lowest BCUT2D eigenvalue weighted by Gasteiger charge is -2.61. The fraction of sp³-hybridized carbons (Fsp3) is 0.933. The van der Waals surface area contributed by atoms with E-state index in [0.29, 0.717) is 10.8 Å². The molecule has 0 N–H and O–H groups in total. The Labute approximate surface area is 189 Å². The van der Waals surface area contributed by atoms with Gasteiger partial charge in [0.2, 0.25) is 0 Å². The van der Waals surface area contributed by atoms with Crippen molar-refractivity contribution in [1.29, 1.82) is 0 Å². The van der Waals surface area contributed by atoms with E-state index in [1.807, 2.05) is 0 Å². The Morgan fingerprint density at radius 3 is 2.23 bits per heavy atom. The molecule has 0 bridgehead atoms. The van der Waals surface area contributed by atoms with Crippen LogP contribution in [0.3, 0.4) is 0 Å². The molecule has 10 atom stereocenters. The lowest BCUT2D eigenvalue weighted by Crippen LogP contribution is -2.53. The van der Waals surface area contributed by atoms with Crippen LogP contribution in [0.4, 0.5) is 0 Å². The average Bonchev–Trinajstić information content (AvgIpc) is 3.06. The van der Waals surface area contributed by atoms with Gasteiger partial charge in [0.05, 0.1) is 0 Å². The minimum Gasteiger partial charge on any atom is -0.0851 e. The molecule has 172 valence electrons. The van der Waals surface area contributed by atoms with Crippen molar-refractivity contribution < 1.29 is 0 Å². The Hall–Kier alpha value is -0.260. The molecule has 30 heavy (non-hydrogen) atoms. The van der Waals surface area contributed by atoms with E-state index in [2.05, 4.69) is 60.6 Å². The molecule has 0 amide bonds. The number of fused-ring (bicyclic) bond motifs is 5. The summed E-state index contributed by atoms with van der Waals surface area (Å²) in [6, 6.07) is 0. The minimum atomic E-state index is 0.607. The van der Waals surface area contributed by atoms with Crippen LogP contribution in [-0.2, 0) is 0 Å². The second-order valence-electron chi connectivity index (χ2n) is 13.3. The van der Waals surface area contributed by atoms with Gasteiger partial charge in [0.1, 0.15) is 0 Å². The molecule has 4 saturated carbocycles. The van der Waals surface area contributed by atoms with Crippen molar-refractivity contribution in [1.82, 2.24) is 0 Å². The highest BCUT2D eigenvalue weighted by atomic mass is 14.6. The van der Waals surface area contributed by atoms with Crippen molar-refractivity contribution in [2.45, 2.75) is 113 Å². The highest BCUT2D eigenvalue weighted by Gasteiger charge is 2.60. The molecule has 4 fully saturated rings. The van der Waals surface area contributed by atoms with E-state index >= 15 is 0 Å². The van der Waals surface area contributed by atoms with Crippen LogP contribution in [-0.4, -0.2) is 0 Å². The third-order valence-corrected chi connectivity index (χ3v) is 11.6. The molecular weight excluding hydrogens is 360 g/mol. The Balaban J connectivity index is 1.49. The first-order valence-corrected chi connectivity index (χ1v) is 13.9. The van der Waals surface area contributed by atoms with Gasteiger partial charge in [0, 0.05) is 0 Å². The standard InChI is InChI=1S/C30H52/c1-8-23(20(2)3)10-9-22(5)26-13-14-27-25-12-11-24-19-21(4)15-17-29(24,6)28(25)16-18-30(26,27)7/h9-10,20-28H,8,11-19H2,1-7H3/b10-9+. The van der Waals surface area contributed by atoms with Crippen molar-refractivity contribution >= 4 is 0 Å².